The van der Waals surface area contributed by atoms with Crippen LogP contribution in [0.25, 0.3) is 0 Å². The molecule has 1 N–H and O–H groups in total. The number of phenolic OH excluding ortho intramolecular Hbond substituents is 1. The zero-order valence-corrected chi connectivity index (χ0v) is 14.3. The van der Waals surface area contributed by atoms with E-state index in [9.17, 15) is 5.11 Å². The molecule has 0 radical (unpaired) electrons. The molecule has 0 aromatic heterocycles. The third kappa shape index (κ3) is 3.70. The van der Waals surface area contributed by atoms with E-state index in [0.29, 0.717) is 30.1 Å². The van der Waals surface area contributed by atoms with Gasteiger partial charge in [0, 0.05) is 10.9 Å². The van der Waals surface area contributed by atoms with E-state index >= 15 is 0 Å². The van der Waals surface area contributed by atoms with E-state index in [0.717, 1.165) is 17.0 Å². The van der Waals surface area contributed by atoms with Gasteiger partial charge in [0.2, 0.25) is 0 Å². The maximum absolute atomic E-state index is 9.76. The van der Waals surface area contributed by atoms with Crippen molar-refractivity contribution in [3.8, 4) is 5.75 Å². The molecule has 2 aromatic rings. The Morgan fingerprint density at radius 2 is 1.83 bits per heavy atom. The average Bonchev–Trinajstić information content (AvgIpc) is 2.55. The number of phenols is 1. The first-order valence-electron chi connectivity index (χ1n) is 8.20. The van der Waals surface area contributed by atoms with E-state index in [1.807, 2.05) is 30.3 Å². The van der Waals surface area contributed by atoms with Crippen molar-refractivity contribution in [1.29, 1.82) is 0 Å². The van der Waals surface area contributed by atoms with E-state index < -0.39 is 0 Å². The molecule has 1 saturated heterocycles. The zero-order chi connectivity index (χ0) is 16.4. The van der Waals surface area contributed by atoms with Gasteiger partial charge in [0.15, 0.2) is 0 Å². The van der Waals surface area contributed by atoms with Gasteiger partial charge in [-0.25, -0.2) is 0 Å². The zero-order valence-electron chi connectivity index (χ0n) is 13.6. The Morgan fingerprint density at radius 1 is 1.09 bits per heavy atom. The summed E-state index contributed by atoms with van der Waals surface area (Å²) in [6.45, 7) is 5.19. The largest absolute Gasteiger partial charge is 0.508 e. The lowest BCUT2D eigenvalue weighted by Crippen LogP contribution is -2.31. The predicted octanol–water partition coefficient (Wildman–Crippen LogP) is 5.56. The summed E-state index contributed by atoms with van der Waals surface area (Å²) in [6, 6.07) is 15.5. The number of hydrogen-bond donors (Lipinski definition) is 1. The molecule has 3 heteroatoms. The van der Waals surface area contributed by atoms with Crippen LogP contribution >= 0.6 is 11.6 Å². The second-order valence-electron chi connectivity index (χ2n) is 6.74. The van der Waals surface area contributed by atoms with Gasteiger partial charge in [0.1, 0.15) is 5.75 Å². The fraction of sp³-hybridized carbons (Fsp3) is 0.400. The third-order valence-corrected chi connectivity index (χ3v) is 5.07. The highest BCUT2D eigenvalue weighted by Crippen LogP contribution is 2.43. The van der Waals surface area contributed by atoms with Crippen LogP contribution in [0.4, 0.5) is 0 Å². The van der Waals surface area contributed by atoms with E-state index in [1.165, 1.54) is 5.56 Å². The molecular weight excluding hydrogens is 308 g/mol. The molecule has 1 fully saturated rings. The minimum atomic E-state index is 0.0469. The van der Waals surface area contributed by atoms with Crippen molar-refractivity contribution in [3.63, 3.8) is 0 Å². The summed E-state index contributed by atoms with van der Waals surface area (Å²) in [5.74, 6) is 1.63. The molecule has 0 saturated carbocycles. The highest BCUT2D eigenvalue weighted by molar-refractivity contribution is 6.30. The lowest BCUT2D eigenvalue weighted by atomic mass is 9.76. The molecule has 0 unspecified atom stereocenters. The molecular formula is C20H23ClO2. The quantitative estimate of drug-likeness (QED) is 0.798. The van der Waals surface area contributed by atoms with Crippen LogP contribution in [0.1, 0.15) is 43.4 Å². The number of hydrogen-bond acceptors (Lipinski definition) is 2. The second kappa shape index (κ2) is 6.94. The van der Waals surface area contributed by atoms with Crippen LogP contribution in [0.5, 0.6) is 5.75 Å². The molecule has 1 heterocycles. The normalized spacial score (nSPS) is 24.8. The van der Waals surface area contributed by atoms with Gasteiger partial charge >= 0.3 is 0 Å². The molecule has 2 nitrogen and oxygen atoms in total. The lowest BCUT2D eigenvalue weighted by molar-refractivity contribution is -0.0552. The highest BCUT2D eigenvalue weighted by atomic mass is 35.5. The number of halogens is 1. The van der Waals surface area contributed by atoms with Crippen LogP contribution in [0, 0.1) is 11.8 Å². The molecule has 2 aromatic carbocycles. The molecule has 0 spiro atoms. The molecule has 122 valence electrons. The summed E-state index contributed by atoms with van der Waals surface area (Å²) in [5.41, 5.74) is 2.35. The van der Waals surface area contributed by atoms with E-state index in [4.69, 9.17) is 16.3 Å². The van der Waals surface area contributed by atoms with Crippen LogP contribution in [0.3, 0.4) is 0 Å². The molecule has 0 amide bonds. The standard InChI is InChI=1S/C20H23ClO2/c1-13(2)19-11-16(14-6-8-17(21)9-7-14)12-23-20(19)15-4-3-5-18(22)10-15/h3-10,13,16,19-20,22H,11-12H2,1-2H3/t16-,19-,20-/m0/s1. The van der Waals surface area contributed by atoms with E-state index in [-0.39, 0.29) is 6.10 Å². The van der Waals surface area contributed by atoms with Gasteiger partial charge in [0.25, 0.3) is 0 Å². The molecule has 1 aliphatic rings. The van der Waals surface area contributed by atoms with Crippen molar-refractivity contribution >= 4 is 11.6 Å². The van der Waals surface area contributed by atoms with Crippen molar-refractivity contribution < 1.29 is 9.84 Å². The topological polar surface area (TPSA) is 29.5 Å². The maximum Gasteiger partial charge on any atom is 0.115 e. The van der Waals surface area contributed by atoms with E-state index in [1.54, 1.807) is 6.07 Å². The van der Waals surface area contributed by atoms with Gasteiger partial charge in [-0.05, 0) is 53.6 Å². The first-order valence-corrected chi connectivity index (χ1v) is 8.58. The average molecular weight is 331 g/mol. The molecule has 3 rings (SSSR count). The van der Waals surface area contributed by atoms with Crippen molar-refractivity contribution in [2.75, 3.05) is 6.61 Å². The number of ether oxygens (including phenoxy) is 1. The van der Waals surface area contributed by atoms with E-state index in [2.05, 4.69) is 26.0 Å². The predicted molar refractivity (Wildman–Crippen MR) is 93.9 cm³/mol. The van der Waals surface area contributed by atoms with Crippen molar-refractivity contribution in [1.82, 2.24) is 0 Å². The SMILES string of the molecule is CC(C)[C@@H]1C[C@H](c2ccc(Cl)cc2)CO[C@H]1c1cccc(O)c1. The summed E-state index contributed by atoms with van der Waals surface area (Å²) in [5, 5.41) is 10.5. The Bertz CT molecular complexity index is 651. The summed E-state index contributed by atoms with van der Waals surface area (Å²) in [6.07, 6.45) is 1.13. The van der Waals surface area contributed by atoms with Crippen LogP contribution in [0.15, 0.2) is 48.5 Å². The second-order valence-corrected chi connectivity index (χ2v) is 7.18. The van der Waals surface area contributed by atoms with Crippen molar-refractivity contribution in [2.45, 2.75) is 32.3 Å². The van der Waals surface area contributed by atoms with Crippen LogP contribution < -0.4 is 0 Å². The van der Waals surface area contributed by atoms with Crippen LogP contribution in [0.2, 0.25) is 5.02 Å². The van der Waals surface area contributed by atoms with Gasteiger partial charge in [0.05, 0.1) is 12.7 Å². The minimum Gasteiger partial charge on any atom is -0.508 e. The Kier molecular flexibility index (Phi) is 4.93. The minimum absolute atomic E-state index is 0.0469. The monoisotopic (exact) mass is 330 g/mol. The van der Waals surface area contributed by atoms with Gasteiger partial charge < -0.3 is 9.84 Å². The summed E-state index contributed by atoms with van der Waals surface area (Å²) in [4.78, 5) is 0. The summed E-state index contributed by atoms with van der Waals surface area (Å²) in [7, 11) is 0. The highest BCUT2D eigenvalue weighted by Gasteiger charge is 2.35. The Morgan fingerprint density at radius 3 is 2.48 bits per heavy atom. The molecule has 0 bridgehead atoms. The van der Waals surface area contributed by atoms with Crippen molar-refractivity contribution in [2.24, 2.45) is 11.8 Å². The molecule has 23 heavy (non-hydrogen) atoms. The first-order chi connectivity index (χ1) is 11.0. The molecule has 3 atom stereocenters. The molecule has 0 aliphatic carbocycles. The fourth-order valence-electron chi connectivity index (χ4n) is 3.50. The van der Waals surface area contributed by atoms with Gasteiger partial charge in [-0.2, -0.15) is 0 Å². The van der Waals surface area contributed by atoms with Gasteiger partial charge in [-0.1, -0.05) is 49.7 Å². The van der Waals surface area contributed by atoms with Crippen LogP contribution in [-0.2, 0) is 4.74 Å². The summed E-state index contributed by atoms with van der Waals surface area (Å²) >= 11 is 5.99. The Hall–Kier alpha value is -1.51. The maximum atomic E-state index is 9.76. The smallest absolute Gasteiger partial charge is 0.115 e. The lowest BCUT2D eigenvalue weighted by Gasteiger charge is -2.39. The van der Waals surface area contributed by atoms with Gasteiger partial charge in [-0.3, -0.25) is 0 Å². The Balaban J connectivity index is 1.82. The number of aromatic hydroxyl groups is 1. The third-order valence-electron chi connectivity index (χ3n) is 4.82. The Labute approximate surface area is 143 Å². The first kappa shape index (κ1) is 16.4. The number of rotatable bonds is 3. The van der Waals surface area contributed by atoms with Gasteiger partial charge in [-0.15, -0.1) is 0 Å². The number of benzene rings is 2. The fourth-order valence-corrected chi connectivity index (χ4v) is 3.62. The molecule has 1 aliphatic heterocycles. The van der Waals surface area contributed by atoms with Crippen LogP contribution in [-0.4, -0.2) is 11.7 Å². The van der Waals surface area contributed by atoms with Crippen molar-refractivity contribution in [3.05, 3.63) is 64.7 Å². The summed E-state index contributed by atoms with van der Waals surface area (Å²) < 4.78 is 6.25.